The molecule has 0 aromatic carbocycles. The minimum atomic E-state index is -0.482. The molecule has 0 aliphatic rings. The zero-order valence-corrected chi connectivity index (χ0v) is 13.3. The van der Waals surface area contributed by atoms with Crippen molar-refractivity contribution in [1.82, 2.24) is 15.1 Å². The summed E-state index contributed by atoms with van der Waals surface area (Å²) in [5.74, 6) is 0. The maximum absolute atomic E-state index is 11.3. The molecule has 1 amide bonds. The fraction of sp³-hybridized carbons (Fsp3) is 0.667. The first-order valence-electron chi connectivity index (χ1n) is 6.00. The van der Waals surface area contributed by atoms with Gasteiger partial charge in [0.1, 0.15) is 5.60 Å². The van der Waals surface area contributed by atoms with Crippen LogP contribution in [0.25, 0.3) is 0 Å². The second-order valence-corrected chi connectivity index (χ2v) is 5.90. The number of rotatable bonds is 5. The highest BCUT2D eigenvalue weighted by Crippen LogP contribution is 2.15. The number of nitrogens with one attached hydrogen (secondary N) is 1. The minimum Gasteiger partial charge on any atom is -0.444 e. The molecule has 0 spiro atoms. The number of alkyl carbamates (subject to hydrolysis) is 1. The van der Waals surface area contributed by atoms with E-state index in [9.17, 15) is 4.79 Å². The molecular weight excluding hydrogens is 314 g/mol. The van der Waals surface area contributed by atoms with Crippen molar-refractivity contribution in [2.75, 3.05) is 13.2 Å². The van der Waals surface area contributed by atoms with Crippen LogP contribution in [0.3, 0.4) is 0 Å². The molecule has 0 atom stereocenters. The highest BCUT2D eigenvalue weighted by molar-refractivity contribution is 9.10. The van der Waals surface area contributed by atoms with Gasteiger partial charge in [0, 0.05) is 13.6 Å². The molecule has 0 aliphatic heterocycles. The molecule has 108 valence electrons. The molecule has 1 aromatic heterocycles. The van der Waals surface area contributed by atoms with E-state index in [1.807, 2.05) is 27.8 Å². The zero-order chi connectivity index (χ0) is 14.5. The van der Waals surface area contributed by atoms with E-state index in [0.29, 0.717) is 19.8 Å². The van der Waals surface area contributed by atoms with Crippen LogP contribution in [0.2, 0.25) is 0 Å². The number of carbonyl (C=O) groups is 1. The Morgan fingerprint density at radius 2 is 2.21 bits per heavy atom. The van der Waals surface area contributed by atoms with Crippen LogP contribution in [-0.2, 0) is 23.1 Å². The van der Waals surface area contributed by atoms with Crippen molar-refractivity contribution >= 4 is 22.0 Å². The van der Waals surface area contributed by atoms with Crippen molar-refractivity contribution in [3.63, 3.8) is 0 Å². The molecule has 1 heterocycles. The van der Waals surface area contributed by atoms with Gasteiger partial charge >= 0.3 is 6.09 Å². The van der Waals surface area contributed by atoms with Crippen molar-refractivity contribution in [3.05, 3.63) is 16.4 Å². The average Bonchev–Trinajstić information content (AvgIpc) is 2.57. The van der Waals surface area contributed by atoms with Gasteiger partial charge in [0.2, 0.25) is 0 Å². The van der Waals surface area contributed by atoms with Gasteiger partial charge in [0.25, 0.3) is 0 Å². The second-order valence-electron chi connectivity index (χ2n) is 5.04. The van der Waals surface area contributed by atoms with Crippen LogP contribution < -0.4 is 5.32 Å². The lowest BCUT2D eigenvalue weighted by molar-refractivity contribution is 0.0491. The summed E-state index contributed by atoms with van der Waals surface area (Å²) in [7, 11) is 1.85. The third-order valence-corrected chi connectivity index (χ3v) is 2.83. The van der Waals surface area contributed by atoms with Gasteiger partial charge in [0.15, 0.2) is 0 Å². The van der Waals surface area contributed by atoms with Gasteiger partial charge in [-0.05, 0) is 36.7 Å². The molecule has 0 saturated heterocycles. The number of aromatic nitrogens is 2. The molecule has 0 radical (unpaired) electrons. The Kier molecular flexibility index (Phi) is 5.81. The lowest BCUT2D eigenvalue weighted by atomic mass is 10.2. The Balaban J connectivity index is 2.17. The van der Waals surface area contributed by atoms with Crippen molar-refractivity contribution in [1.29, 1.82) is 0 Å². The van der Waals surface area contributed by atoms with Gasteiger partial charge in [-0.3, -0.25) is 4.68 Å². The summed E-state index contributed by atoms with van der Waals surface area (Å²) in [5, 5.41) is 6.71. The monoisotopic (exact) mass is 333 g/mol. The van der Waals surface area contributed by atoms with E-state index in [4.69, 9.17) is 9.47 Å². The van der Waals surface area contributed by atoms with Crippen LogP contribution in [0.5, 0.6) is 0 Å². The van der Waals surface area contributed by atoms with Crippen molar-refractivity contribution in [2.24, 2.45) is 7.05 Å². The quantitative estimate of drug-likeness (QED) is 0.839. The van der Waals surface area contributed by atoms with Crippen LogP contribution >= 0.6 is 15.9 Å². The SMILES string of the molecule is Cn1ncc(Br)c1COCCNC(=O)OC(C)(C)C. The molecular formula is C12H20BrN3O3. The lowest BCUT2D eigenvalue weighted by Gasteiger charge is -2.19. The smallest absolute Gasteiger partial charge is 0.407 e. The normalized spacial score (nSPS) is 11.4. The predicted octanol–water partition coefficient (Wildman–Crippen LogP) is 2.22. The summed E-state index contributed by atoms with van der Waals surface area (Å²) < 4.78 is 13.2. The number of nitrogens with zero attached hydrogens (tertiary/aromatic N) is 2. The Labute approximate surface area is 121 Å². The molecule has 0 unspecified atom stereocenters. The molecule has 1 aromatic rings. The maximum Gasteiger partial charge on any atom is 0.407 e. The largest absolute Gasteiger partial charge is 0.444 e. The van der Waals surface area contributed by atoms with Crippen LogP contribution in [0.15, 0.2) is 10.7 Å². The lowest BCUT2D eigenvalue weighted by Crippen LogP contribution is -2.34. The van der Waals surface area contributed by atoms with E-state index in [2.05, 4.69) is 26.3 Å². The van der Waals surface area contributed by atoms with Gasteiger partial charge in [-0.25, -0.2) is 4.79 Å². The average molecular weight is 334 g/mol. The highest BCUT2D eigenvalue weighted by atomic mass is 79.9. The maximum atomic E-state index is 11.3. The Bertz CT molecular complexity index is 407. The fourth-order valence-corrected chi connectivity index (χ4v) is 1.77. The molecule has 7 heteroatoms. The number of carbonyl (C=O) groups excluding carboxylic acids is 1. The summed E-state index contributed by atoms with van der Waals surface area (Å²) in [6.45, 7) is 6.73. The molecule has 0 fully saturated rings. The van der Waals surface area contributed by atoms with E-state index >= 15 is 0 Å². The molecule has 0 saturated carbocycles. The summed E-state index contributed by atoms with van der Waals surface area (Å²) >= 11 is 3.39. The van der Waals surface area contributed by atoms with E-state index in [0.717, 1.165) is 10.2 Å². The first kappa shape index (κ1) is 16.0. The first-order chi connectivity index (χ1) is 8.79. The summed E-state index contributed by atoms with van der Waals surface area (Å²) in [6, 6.07) is 0. The van der Waals surface area contributed by atoms with Crippen molar-refractivity contribution in [3.8, 4) is 0 Å². The molecule has 6 nitrogen and oxygen atoms in total. The molecule has 0 aliphatic carbocycles. The van der Waals surface area contributed by atoms with Crippen LogP contribution in [0, 0.1) is 0 Å². The van der Waals surface area contributed by atoms with E-state index < -0.39 is 11.7 Å². The second kappa shape index (κ2) is 6.91. The topological polar surface area (TPSA) is 65.4 Å². The number of ether oxygens (including phenoxy) is 2. The van der Waals surface area contributed by atoms with Gasteiger partial charge in [-0.1, -0.05) is 0 Å². The number of aryl methyl sites for hydroxylation is 1. The van der Waals surface area contributed by atoms with Gasteiger partial charge in [0.05, 0.1) is 29.6 Å². The van der Waals surface area contributed by atoms with Crippen LogP contribution in [0.1, 0.15) is 26.5 Å². The van der Waals surface area contributed by atoms with Gasteiger partial charge in [-0.15, -0.1) is 0 Å². The summed E-state index contributed by atoms with van der Waals surface area (Å²) in [6.07, 6.45) is 1.29. The van der Waals surface area contributed by atoms with Crippen molar-refractivity contribution in [2.45, 2.75) is 33.0 Å². The Hall–Kier alpha value is -1.08. The molecule has 1 N–H and O–H groups in total. The zero-order valence-electron chi connectivity index (χ0n) is 11.7. The van der Waals surface area contributed by atoms with E-state index in [1.165, 1.54) is 0 Å². The number of halogens is 1. The Morgan fingerprint density at radius 1 is 1.53 bits per heavy atom. The minimum absolute atomic E-state index is 0.407. The molecule has 1 rings (SSSR count). The van der Waals surface area contributed by atoms with Crippen molar-refractivity contribution < 1.29 is 14.3 Å². The van der Waals surface area contributed by atoms with E-state index in [1.54, 1.807) is 10.9 Å². The van der Waals surface area contributed by atoms with Crippen LogP contribution in [0.4, 0.5) is 4.79 Å². The standard InChI is InChI=1S/C12H20BrN3O3/c1-12(2,3)19-11(17)14-5-6-18-8-10-9(13)7-15-16(10)4/h7H,5-6,8H2,1-4H3,(H,14,17). The summed E-state index contributed by atoms with van der Waals surface area (Å²) in [4.78, 5) is 11.3. The third-order valence-electron chi connectivity index (χ3n) is 2.16. The number of hydrogen-bond donors (Lipinski definition) is 1. The predicted molar refractivity (Wildman–Crippen MR) is 74.8 cm³/mol. The fourth-order valence-electron chi connectivity index (χ4n) is 1.31. The number of amides is 1. The highest BCUT2D eigenvalue weighted by Gasteiger charge is 2.15. The van der Waals surface area contributed by atoms with Gasteiger partial charge < -0.3 is 14.8 Å². The van der Waals surface area contributed by atoms with Crippen LogP contribution in [-0.4, -0.2) is 34.6 Å². The number of hydrogen-bond acceptors (Lipinski definition) is 4. The van der Waals surface area contributed by atoms with E-state index in [-0.39, 0.29) is 0 Å². The molecule has 0 bridgehead atoms. The summed E-state index contributed by atoms with van der Waals surface area (Å²) in [5.41, 5.74) is 0.474. The molecule has 19 heavy (non-hydrogen) atoms. The third kappa shape index (κ3) is 6.07. The van der Waals surface area contributed by atoms with Gasteiger partial charge in [-0.2, -0.15) is 5.10 Å². The Morgan fingerprint density at radius 3 is 2.74 bits per heavy atom. The first-order valence-corrected chi connectivity index (χ1v) is 6.80.